The van der Waals surface area contributed by atoms with E-state index in [-0.39, 0.29) is 11.5 Å². The Balaban J connectivity index is 1.56. The standard InChI is InChI=1S/C20H21N3O3S/c21-14-17-5-4-6-18(13-17)16-27(25,26)23-11-9-22(10-12-23)15-20(24)19-7-2-1-3-8-19/h1-8,13H,9-12,15-16H2. The van der Waals surface area contributed by atoms with Crippen molar-refractivity contribution in [1.29, 1.82) is 5.26 Å². The monoisotopic (exact) mass is 383 g/mol. The number of hydrogen-bond acceptors (Lipinski definition) is 5. The Morgan fingerprint density at radius 3 is 2.37 bits per heavy atom. The molecule has 27 heavy (non-hydrogen) atoms. The third kappa shape index (κ3) is 5.01. The van der Waals surface area contributed by atoms with Gasteiger partial charge in [0.25, 0.3) is 0 Å². The molecule has 0 amide bonds. The summed E-state index contributed by atoms with van der Waals surface area (Å²) < 4.78 is 26.8. The molecule has 1 aliphatic rings. The smallest absolute Gasteiger partial charge is 0.218 e. The number of carbonyl (C=O) groups is 1. The number of nitriles is 1. The summed E-state index contributed by atoms with van der Waals surface area (Å²) >= 11 is 0. The molecule has 2 aromatic carbocycles. The molecule has 3 rings (SSSR count). The van der Waals surface area contributed by atoms with E-state index >= 15 is 0 Å². The maximum atomic E-state index is 12.7. The van der Waals surface area contributed by atoms with E-state index in [1.165, 1.54) is 4.31 Å². The molecule has 0 aromatic heterocycles. The zero-order valence-corrected chi connectivity index (χ0v) is 15.7. The van der Waals surface area contributed by atoms with Gasteiger partial charge in [-0.25, -0.2) is 8.42 Å². The summed E-state index contributed by atoms with van der Waals surface area (Å²) in [5.41, 5.74) is 1.73. The molecule has 0 bridgehead atoms. The highest BCUT2D eigenvalue weighted by molar-refractivity contribution is 7.88. The van der Waals surface area contributed by atoms with Crippen LogP contribution in [0.3, 0.4) is 0 Å². The summed E-state index contributed by atoms with van der Waals surface area (Å²) in [5.74, 6) is -0.0777. The third-order valence-electron chi connectivity index (χ3n) is 4.59. The second kappa shape index (κ2) is 8.44. The molecule has 0 radical (unpaired) electrons. The maximum absolute atomic E-state index is 12.7. The Labute approximate surface area is 159 Å². The molecule has 2 aromatic rings. The first kappa shape index (κ1) is 19.2. The minimum atomic E-state index is -3.45. The first-order valence-electron chi connectivity index (χ1n) is 8.75. The van der Waals surface area contributed by atoms with Gasteiger partial charge in [0.1, 0.15) is 0 Å². The van der Waals surface area contributed by atoms with Gasteiger partial charge in [0.2, 0.25) is 10.0 Å². The highest BCUT2D eigenvalue weighted by atomic mass is 32.2. The molecule has 1 aliphatic heterocycles. The molecule has 0 spiro atoms. The fraction of sp³-hybridized carbons (Fsp3) is 0.300. The van der Waals surface area contributed by atoms with Gasteiger partial charge in [0.15, 0.2) is 5.78 Å². The average Bonchev–Trinajstić information content (AvgIpc) is 2.69. The second-order valence-electron chi connectivity index (χ2n) is 6.53. The van der Waals surface area contributed by atoms with E-state index in [9.17, 15) is 13.2 Å². The van der Waals surface area contributed by atoms with Crippen LogP contribution in [-0.2, 0) is 15.8 Å². The molecular formula is C20H21N3O3S. The Hall–Kier alpha value is -2.53. The van der Waals surface area contributed by atoms with Crippen molar-refractivity contribution in [3.8, 4) is 6.07 Å². The molecule has 0 aliphatic carbocycles. The van der Waals surface area contributed by atoms with Crippen LogP contribution in [0.2, 0.25) is 0 Å². The summed E-state index contributed by atoms with van der Waals surface area (Å²) in [5, 5.41) is 8.95. The predicted molar refractivity (Wildman–Crippen MR) is 103 cm³/mol. The van der Waals surface area contributed by atoms with Gasteiger partial charge in [0, 0.05) is 31.7 Å². The van der Waals surface area contributed by atoms with Crippen molar-refractivity contribution in [2.24, 2.45) is 0 Å². The van der Waals surface area contributed by atoms with Crippen LogP contribution in [-0.4, -0.2) is 56.1 Å². The van der Waals surface area contributed by atoms with E-state index in [1.54, 1.807) is 36.4 Å². The van der Waals surface area contributed by atoms with E-state index in [0.717, 1.165) is 0 Å². The van der Waals surface area contributed by atoms with E-state index in [1.807, 2.05) is 29.2 Å². The summed E-state index contributed by atoms with van der Waals surface area (Å²) in [7, 11) is -3.45. The lowest BCUT2D eigenvalue weighted by Gasteiger charge is -2.33. The van der Waals surface area contributed by atoms with Gasteiger partial charge in [-0.1, -0.05) is 42.5 Å². The number of sulfonamides is 1. The molecule has 1 fully saturated rings. The Morgan fingerprint density at radius 1 is 1.00 bits per heavy atom. The lowest BCUT2D eigenvalue weighted by molar-refractivity contribution is 0.0901. The molecule has 6 nitrogen and oxygen atoms in total. The van der Waals surface area contributed by atoms with Crippen molar-refractivity contribution < 1.29 is 13.2 Å². The summed E-state index contributed by atoms with van der Waals surface area (Å²) in [6, 6.07) is 17.8. The van der Waals surface area contributed by atoms with Crippen LogP contribution in [0.4, 0.5) is 0 Å². The van der Waals surface area contributed by atoms with Gasteiger partial charge >= 0.3 is 0 Å². The Kier molecular flexibility index (Phi) is 6.01. The first-order valence-corrected chi connectivity index (χ1v) is 10.4. The van der Waals surface area contributed by atoms with Crippen LogP contribution in [0, 0.1) is 11.3 Å². The van der Waals surface area contributed by atoms with Crippen LogP contribution in [0.25, 0.3) is 0 Å². The number of hydrogen-bond donors (Lipinski definition) is 0. The van der Waals surface area contributed by atoms with Gasteiger partial charge in [-0.2, -0.15) is 9.57 Å². The Morgan fingerprint density at radius 2 is 1.70 bits per heavy atom. The van der Waals surface area contributed by atoms with Crippen molar-refractivity contribution in [2.45, 2.75) is 5.75 Å². The summed E-state index contributed by atoms with van der Waals surface area (Å²) in [6.07, 6.45) is 0. The largest absolute Gasteiger partial charge is 0.293 e. The minimum absolute atomic E-state index is 0.0419. The summed E-state index contributed by atoms with van der Waals surface area (Å²) in [6.45, 7) is 2.07. The highest BCUT2D eigenvalue weighted by Crippen LogP contribution is 2.15. The number of carbonyl (C=O) groups excluding carboxylic acids is 1. The molecule has 1 saturated heterocycles. The molecule has 0 saturated carbocycles. The normalized spacial score (nSPS) is 16.0. The number of nitrogens with zero attached hydrogens (tertiary/aromatic N) is 3. The minimum Gasteiger partial charge on any atom is -0.293 e. The van der Waals surface area contributed by atoms with Crippen LogP contribution in [0.1, 0.15) is 21.5 Å². The van der Waals surface area contributed by atoms with Crippen LogP contribution < -0.4 is 0 Å². The number of Topliss-reactive ketones (excluding diaryl/α,β-unsaturated/α-hetero) is 1. The fourth-order valence-corrected chi connectivity index (χ4v) is 4.62. The molecule has 1 heterocycles. The van der Waals surface area contributed by atoms with Crippen LogP contribution in [0.15, 0.2) is 54.6 Å². The van der Waals surface area contributed by atoms with Crippen molar-refractivity contribution >= 4 is 15.8 Å². The topological polar surface area (TPSA) is 81.5 Å². The van der Waals surface area contributed by atoms with E-state index in [2.05, 4.69) is 0 Å². The molecule has 0 N–H and O–H groups in total. The summed E-state index contributed by atoms with van der Waals surface area (Å²) in [4.78, 5) is 14.3. The number of benzene rings is 2. The fourth-order valence-electron chi connectivity index (χ4n) is 3.12. The second-order valence-corrected chi connectivity index (χ2v) is 8.50. The lowest BCUT2D eigenvalue weighted by Crippen LogP contribution is -2.50. The van der Waals surface area contributed by atoms with Crippen molar-refractivity contribution in [3.63, 3.8) is 0 Å². The third-order valence-corrected chi connectivity index (χ3v) is 6.44. The molecular weight excluding hydrogens is 362 g/mol. The van der Waals surface area contributed by atoms with Gasteiger partial charge in [-0.3, -0.25) is 9.69 Å². The van der Waals surface area contributed by atoms with E-state index in [4.69, 9.17) is 5.26 Å². The highest BCUT2D eigenvalue weighted by Gasteiger charge is 2.28. The zero-order chi connectivity index (χ0) is 19.3. The number of rotatable bonds is 6. The zero-order valence-electron chi connectivity index (χ0n) is 14.9. The quantitative estimate of drug-likeness (QED) is 0.712. The van der Waals surface area contributed by atoms with Crippen molar-refractivity contribution in [3.05, 3.63) is 71.3 Å². The van der Waals surface area contributed by atoms with E-state index < -0.39 is 10.0 Å². The molecule has 7 heteroatoms. The van der Waals surface area contributed by atoms with Gasteiger partial charge in [0.05, 0.1) is 23.9 Å². The van der Waals surface area contributed by atoms with Crippen molar-refractivity contribution in [1.82, 2.24) is 9.21 Å². The van der Waals surface area contributed by atoms with Gasteiger partial charge in [-0.15, -0.1) is 0 Å². The average molecular weight is 383 g/mol. The van der Waals surface area contributed by atoms with Crippen molar-refractivity contribution in [2.75, 3.05) is 32.7 Å². The lowest BCUT2D eigenvalue weighted by atomic mass is 10.1. The first-order chi connectivity index (χ1) is 13.0. The van der Waals surface area contributed by atoms with Gasteiger partial charge in [-0.05, 0) is 17.7 Å². The van der Waals surface area contributed by atoms with E-state index in [0.29, 0.717) is 49.4 Å². The van der Waals surface area contributed by atoms with Crippen LogP contribution >= 0.6 is 0 Å². The SMILES string of the molecule is N#Cc1cccc(CS(=O)(=O)N2CCN(CC(=O)c3ccccc3)CC2)c1. The van der Waals surface area contributed by atoms with Crippen LogP contribution in [0.5, 0.6) is 0 Å². The predicted octanol–water partition coefficient (Wildman–Crippen LogP) is 1.89. The molecule has 0 unspecified atom stereocenters. The number of piperazine rings is 1. The maximum Gasteiger partial charge on any atom is 0.218 e. The molecule has 140 valence electrons. The Bertz CT molecular complexity index is 944. The molecule has 0 atom stereocenters. The van der Waals surface area contributed by atoms with Gasteiger partial charge < -0.3 is 0 Å². The number of ketones is 1.